The van der Waals surface area contributed by atoms with Crippen LogP contribution in [-0.2, 0) is 4.79 Å². The fraction of sp³-hybridized carbons (Fsp3) is 0.667. The lowest BCUT2D eigenvalue weighted by atomic mass is 10.1. The Morgan fingerprint density at radius 2 is 2.08 bits per heavy atom. The number of hydrogen-bond donors (Lipinski definition) is 1. The van der Waals surface area contributed by atoms with E-state index in [9.17, 15) is 4.79 Å². The summed E-state index contributed by atoms with van der Waals surface area (Å²) >= 11 is 0. The van der Waals surface area contributed by atoms with Gasteiger partial charge in [0, 0.05) is 12.1 Å². The number of rotatable bonds is 4. The van der Waals surface area contributed by atoms with Crippen LogP contribution in [0.4, 0.5) is 0 Å². The largest absolute Gasteiger partial charge is 0.480 e. The van der Waals surface area contributed by atoms with Crippen LogP contribution in [0.5, 0.6) is 0 Å². The summed E-state index contributed by atoms with van der Waals surface area (Å²) in [5.41, 5.74) is -0.118. The Kier molecular flexibility index (Phi) is 3.96. The molecule has 3 heteroatoms. The Labute approximate surface area is 73.7 Å². The van der Waals surface area contributed by atoms with Crippen molar-refractivity contribution in [2.75, 3.05) is 13.1 Å². The molecule has 0 aliphatic carbocycles. The zero-order valence-corrected chi connectivity index (χ0v) is 8.00. The molecule has 0 aromatic rings. The van der Waals surface area contributed by atoms with Gasteiger partial charge in [0.2, 0.25) is 0 Å². The van der Waals surface area contributed by atoms with E-state index in [4.69, 9.17) is 5.11 Å². The summed E-state index contributed by atoms with van der Waals surface area (Å²) in [4.78, 5) is 12.3. The maximum Gasteiger partial charge on any atom is 0.317 e. The molecule has 0 saturated carbocycles. The van der Waals surface area contributed by atoms with Gasteiger partial charge in [-0.2, -0.15) is 0 Å². The van der Waals surface area contributed by atoms with Gasteiger partial charge in [0.05, 0.1) is 6.54 Å². The fourth-order valence-electron chi connectivity index (χ4n) is 0.895. The quantitative estimate of drug-likeness (QED) is 0.649. The predicted octanol–water partition coefficient (Wildman–Crippen LogP) is 1.36. The van der Waals surface area contributed by atoms with Crippen molar-refractivity contribution < 1.29 is 9.90 Å². The van der Waals surface area contributed by atoms with E-state index < -0.39 is 5.97 Å². The van der Waals surface area contributed by atoms with Gasteiger partial charge in [-0.3, -0.25) is 9.69 Å². The molecule has 0 fully saturated rings. The third-order valence-corrected chi connectivity index (χ3v) is 1.62. The monoisotopic (exact) mass is 171 g/mol. The maximum atomic E-state index is 10.5. The summed E-state index contributed by atoms with van der Waals surface area (Å²) in [7, 11) is 0. The summed E-state index contributed by atoms with van der Waals surface area (Å²) in [6, 6.07) is 0. The van der Waals surface area contributed by atoms with Gasteiger partial charge in [-0.1, -0.05) is 6.08 Å². The lowest BCUT2D eigenvalue weighted by Crippen LogP contribution is -2.44. The molecule has 0 spiro atoms. The zero-order chi connectivity index (χ0) is 9.78. The van der Waals surface area contributed by atoms with Crippen molar-refractivity contribution in [3.63, 3.8) is 0 Å². The molecule has 0 radical (unpaired) electrons. The Balaban J connectivity index is 4.22. The predicted molar refractivity (Wildman–Crippen MR) is 49.2 cm³/mol. The summed E-state index contributed by atoms with van der Waals surface area (Å²) in [6.07, 6.45) is 1.72. The molecule has 0 unspecified atom stereocenters. The summed E-state index contributed by atoms with van der Waals surface area (Å²) < 4.78 is 0. The number of aliphatic carboxylic acids is 1. The second kappa shape index (κ2) is 4.26. The number of nitrogens with zero attached hydrogens (tertiary/aromatic N) is 1. The first-order valence-electron chi connectivity index (χ1n) is 3.95. The van der Waals surface area contributed by atoms with Gasteiger partial charge < -0.3 is 5.11 Å². The number of carboxylic acid groups (broad SMARTS) is 1. The molecule has 1 N–H and O–H groups in total. The Morgan fingerprint density at radius 1 is 1.58 bits per heavy atom. The molecule has 0 bridgehead atoms. The summed E-state index contributed by atoms with van der Waals surface area (Å²) in [5.74, 6) is -0.799. The van der Waals surface area contributed by atoms with E-state index in [1.165, 1.54) is 0 Å². The summed E-state index contributed by atoms with van der Waals surface area (Å²) in [5, 5.41) is 8.60. The molecule has 12 heavy (non-hydrogen) atoms. The SMILES string of the molecule is C=CCN(CC(=O)O)C(C)(C)C. The van der Waals surface area contributed by atoms with Crippen molar-refractivity contribution in [2.45, 2.75) is 26.3 Å². The lowest BCUT2D eigenvalue weighted by molar-refractivity contribution is -0.139. The van der Waals surface area contributed by atoms with Crippen LogP contribution < -0.4 is 0 Å². The minimum atomic E-state index is -0.799. The van der Waals surface area contributed by atoms with Crippen LogP contribution in [0.25, 0.3) is 0 Å². The van der Waals surface area contributed by atoms with Crippen molar-refractivity contribution in [3.05, 3.63) is 12.7 Å². The third-order valence-electron chi connectivity index (χ3n) is 1.62. The molecule has 0 aliphatic heterocycles. The molecule has 0 heterocycles. The van der Waals surface area contributed by atoms with Gasteiger partial charge in [0.25, 0.3) is 0 Å². The van der Waals surface area contributed by atoms with Crippen LogP contribution in [0.3, 0.4) is 0 Å². The zero-order valence-electron chi connectivity index (χ0n) is 8.00. The fourth-order valence-corrected chi connectivity index (χ4v) is 0.895. The number of carboxylic acids is 1. The molecule has 0 saturated heterocycles. The van der Waals surface area contributed by atoms with E-state index in [1.54, 1.807) is 6.08 Å². The van der Waals surface area contributed by atoms with Crippen molar-refractivity contribution in [1.29, 1.82) is 0 Å². The van der Waals surface area contributed by atoms with Crippen LogP contribution in [0.1, 0.15) is 20.8 Å². The summed E-state index contributed by atoms with van der Waals surface area (Å²) in [6.45, 7) is 10.2. The Morgan fingerprint density at radius 3 is 2.33 bits per heavy atom. The highest BCUT2D eigenvalue weighted by molar-refractivity contribution is 5.69. The number of carbonyl (C=O) groups is 1. The van der Waals surface area contributed by atoms with Gasteiger partial charge in [0.1, 0.15) is 0 Å². The highest BCUT2D eigenvalue weighted by atomic mass is 16.4. The van der Waals surface area contributed by atoms with Gasteiger partial charge in [-0.15, -0.1) is 6.58 Å². The molecule has 3 nitrogen and oxygen atoms in total. The topological polar surface area (TPSA) is 40.5 Å². The van der Waals surface area contributed by atoms with Crippen LogP contribution in [0.15, 0.2) is 12.7 Å². The van der Waals surface area contributed by atoms with E-state index >= 15 is 0 Å². The second-order valence-electron chi connectivity index (χ2n) is 3.73. The first-order chi connectivity index (χ1) is 5.38. The van der Waals surface area contributed by atoms with Gasteiger partial charge in [0.15, 0.2) is 0 Å². The first kappa shape index (κ1) is 11.2. The average Bonchev–Trinajstić information content (AvgIpc) is 1.83. The first-order valence-corrected chi connectivity index (χ1v) is 3.95. The van der Waals surface area contributed by atoms with E-state index in [0.29, 0.717) is 6.54 Å². The lowest BCUT2D eigenvalue weighted by Gasteiger charge is -2.33. The van der Waals surface area contributed by atoms with Crippen LogP contribution in [0, 0.1) is 0 Å². The molecular formula is C9H17NO2. The normalized spacial score (nSPS) is 11.7. The molecule has 0 aromatic carbocycles. The molecule has 0 aromatic heterocycles. The van der Waals surface area contributed by atoms with Crippen molar-refractivity contribution in [1.82, 2.24) is 4.90 Å². The second-order valence-corrected chi connectivity index (χ2v) is 3.73. The van der Waals surface area contributed by atoms with E-state index in [0.717, 1.165) is 0 Å². The van der Waals surface area contributed by atoms with E-state index in [1.807, 2.05) is 25.7 Å². The molecule has 0 atom stereocenters. The molecular weight excluding hydrogens is 154 g/mol. The Bertz CT molecular complexity index is 170. The van der Waals surface area contributed by atoms with Crippen molar-refractivity contribution in [3.8, 4) is 0 Å². The van der Waals surface area contributed by atoms with Crippen molar-refractivity contribution >= 4 is 5.97 Å². The van der Waals surface area contributed by atoms with Crippen LogP contribution >= 0.6 is 0 Å². The van der Waals surface area contributed by atoms with Gasteiger partial charge in [-0.25, -0.2) is 0 Å². The van der Waals surface area contributed by atoms with E-state index in [2.05, 4.69) is 6.58 Å². The molecule has 70 valence electrons. The van der Waals surface area contributed by atoms with Crippen LogP contribution in [-0.4, -0.2) is 34.6 Å². The number of hydrogen-bond acceptors (Lipinski definition) is 2. The standard InChI is InChI=1S/C9H17NO2/c1-5-6-10(7-8(11)12)9(2,3)4/h5H,1,6-7H2,2-4H3,(H,11,12). The Hall–Kier alpha value is -0.830. The maximum absolute atomic E-state index is 10.5. The van der Waals surface area contributed by atoms with Crippen LogP contribution in [0.2, 0.25) is 0 Å². The third kappa shape index (κ3) is 4.13. The smallest absolute Gasteiger partial charge is 0.317 e. The van der Waals surface area contributed by atoms with Crippen molar-refractivity contribution in [2.24, 2.45) is 0 Å². The highest BCUT2D eigenvalue weighted by Crippen LogP contribution is 2.11. The average molecular weight is 171 g/mol. The molecule has 0 aliphatic rings. The minimum Gasteiger partial charge on any atom is -0.480 e. The molecule has 0 rings (SSSR count). The molecule has 0 amide bonds. The minimum absolute atomic E-state index is 0.0650. The highest BCUT2D eigenvalue weighted by Gasteiger charge is 2.21. The van der Waals surface area contributed by atoms with Gasteiger partial charge >= 0.3 is 5.97 Å². The van der Waals surface area contributed by atoms with Gasteiger partial charge in [-0.05, 0) is 20.8 Å². The van der Waals surface area contributed by atoms with E-state index in [-0.39, 0.29) is 12.1 Å².